The Labute approximate surface area is 144 Å². The van der Waals surface area contributed by atoms with Gasteiger partial charge in [-0.1, -0.05) is 0 Å². The number of hydrogen-bond acceptors (Lipinski definition) is 5. The largest absolute Gasteiger partial charge is 0.382 e. The van der Waals surface area contributed by atoms with Crippen molar-refractivity contribution in [1.29, 1.82) is 0 Å². The van der Waals surface area contributed by atoms with Crippen molar-refractivity contribution in [2.24, 2.45) is 4.99 Å². The van der Waals surface area contributed by atoms with E-state index in [0.29, 0.717) is 38.7 Å². The maximum atomic E-state index is 11.7. The monoisotopic (exact) mass is 344 g/mol. The molecule has 0 unspecified atom stereocenters. The first-order chi connectivity index (χ1) is 11.5. The van der Waals surface area contributed by atoms with E-state index >= 15 is 0 Å². The highest BCUT2D eigenvalue weighted by atomic mass is 16.7. The van der Waals surface area contributed by atoms with Gasteiger partial charge in [0, 0.05) is 46.8 Å². The topological polar surface area (TPSA) is 84.4 Å². The predicted molar refractivity (Wildman–Crippen MR) is 93.0 cm³/mol. The van der Waals surface area contributed by atoms with Crippen molar-refractivity contribution in [3.8, 4) is 0 Å². The van der Waals surface area contributed by atoms with Gasteiger partial charge in [0.15, 0.2) is 11.7 Å². The van der Waals surface area contributed by atoms with Crippen molar-refractivity contribution in [2.75, 3.05) is 60.2 Å². The maximum absolute atomic E-state index is 11.7. The molecule has 1 saturated heterocycles. The van der Waals surface area contributed by atoms with Crippen molar-refractivity contribution in [3.05, 3.63) is 0 Å². The van der Waals surface area contributed by atoms with Crippen molar-refractivity contribution in [3.63, 3.8) is 0 Å². The van der Waals surface area contributed by atoms with Crippen LogP contribution in [-0.2, 0) is 19.0 Å². The molecule has 0 saturated carbocycles. The van der Waals surface area contributed by atoms with E-state index in [2.05, 4.69) is 15.6 Å². The van der Waals surface area contributed by atoms with E-state index in [-0.39, 0.29) is 12.5 Å². The summed E-state index contributed by atoms with van der Waals surface area (Å²) in [5.74, 6) is 0.0372. The molecule has 140 valence electrons. The smallest absolute Gasteiger partial charge is 0.243 e. The van der Waals surface area contributed by atoms with E-state index in [9.17, 15) is 4.79 Å². The maximum Gasteiger partial charge on any atom is 0.243 e. The molecular formula is C16H32N4O4. The van der Waals surface area contributed by atoms with Gasteiger partial charge in [-0.25, -0.2) is 4.99 Å². The number of ether oxygens (including phenoxy) is 3. The number of nitrogens with one attached hydrogen (secondary N) is 2. The minimum atomic E-state index is -0.535. The van der Waals surface area contributed by atoms with Gasteiger partial charge < -0.3 is 29.7 Å². The molecule has 24 heavy (non-hydrogen) atoms. The van der Waals surface area contributed by atoms with E-state index < -0.39 is 5.79 Å². The zero-order chi connectivity index (χ0) is 17.8. The fourth-order valence-corrected chi connectivity index (χ4v) is 2.10. The Morgan fingerprint density at radius 1 is 1.25 bits per heavy atom. The molecule has 1 aliphatic rings. The van der Waals surface area contributed by atoms with E-state index in [1.54, 1.807) is 14.1 Å². The number of carbonyl (C=O) groups is 1. The van der Waals surface area contributed by atoms with Crippen LogP contribution in [0.25, 0.3) is 0 Å². The number of carbonyl (C=O) groups excluding carboxylic acids is 1. The number of hydrogen-bond donors (Lipinski definition) is 2. The summed E-state index contributed by atoms with van der Waals surface area (Å²) in [7, 11) is 3.44. The summed E-state index contributed by atoms with van der Waals surface area (Å²) in [6.07, 6.45) is 1.58. The van der Waals surface area contributed by atoms with Gasteiger partial charge in [0.05, 0.1) is 13.2 Å². The molecule has 0 aromatic carbocycles. The Bertz CT molecular complexity index is 396. The quantitative estimate of drug-likeness (QED) is 0.334. The Morgan fingerprint density at radius 2 is 1.92 bits per heavy atom. The van der Waals surface area contributed by atoms with E-state index in [1.165, 1.54) is 4.90 Å². The van der Waals surface area contributed by atoms with Crippen LogP contribution >= 0.6 is 0 Å². The molecule has 0 aromatic rings. The van der Waals surface area contributed by atoms with Crippen molar-refractivity contribution >= 4 is 11.9 Å². The van der Waals surface area contributed by atoms with Gasteiger partial charge >= 0.3 is 0 Å². The number of rotatable bonds is 10. The second-order valence-electron chi connectivity index (χ2n) is 5.94. The number of aliphatic imine (C=N–C) groups is 1. The molecule has 1 heterocycles. The van der Waals surface area contributed by atoms with E-state index in [4.69, 9.17) is 14.2 Å². The average Bonchev–Trinajstić information content (AvgIpc) is 2.98. The summed E-state index contributed by atoms with van der Waals surface area (Å²) in [6.45, 7) is 8.07. The molecular weight excluding hydrogens is 312 g/mol. The molecule has 1 amide bonds. The fourth-order valence-electron chi connectivity index (χ4n) is 2.10. The molecule has 0 aliphatic carbocycles. The van der Waals surface area contributed by atoms with Gasteiger partial charge in [-0.3, -0.25) is 4.79 Å². The lowest BCUT2D eigenvalue weighted by atomic mass is 10.2. The van der Waals surface area contributed by atoms with Crippen LogP contribution in [0.1, 0.15) is 26.7 Å². The Morgan fingerprint density at radius 3 is 2.54 bits per heavy atom. The number of nitrogens with zero attached hydrogens (tertiary/aromatic N) is 2. The summed E-state index contributed by atoms with van der Waals surface area (Å²) in [4.78, 5) is 17.6. The van der Waals surface area contributed by atoms with Gasteiger partial charge in [0.2, 0.25) is 5.91 Å². The third-order valence-electron chi connectivity index (χ3n) is 3.60. The van der Waals surface area contributed by atoms with Crippen molar-refractivity contribution < 1.29 is 19.0 Å². The minimum Gasteiger partial charge on any atom is -0.382 e. The molecule has 2 N–H and O–H groups in total. The average molecular weight is 344 g/mol. The SMILES string of the molecule is CCOCCCNC(=NCC(=O)N(C)C)NCCC1(C)OCCO1. The first kappa shape index (κ1) is 20.7. The second kappa shape index (κ2) is 11.2. The van der Waals surface area contributed by atoms with Gasteiger partial charge in [-0.15, -0.1) is 0 Å². The molecule has 0 spiro atoms. The number of amides is 1. The van der Waals surface area contributed by atoms with Gasteiger partial charge in [-0.2, -0.15) is 0 Å². The van der Waals surface area contributed by atoms with Crippen LogP contribution in [0.3, 0.4) is 0 Å². The Hall–Kier alpha value is -1.38. The Balaban J connectivity index is 2.40. The van der Waals surface area contributed by atoms with Crippen LogP contribution in [0.15, 0.2) is 4.99 Å². The third kappa shape index (κ3) is 8.47. The number of likely N-dealkylation sites (N-methyl/N-ethyl adjacent to an activating group) is 1. The highest BCUT2D eigenvalue weighted by Crippen LogP contribution is 2.21. The summed E-state index contributed by atoms with van der Waals surface area (Å²) in [5, 5.41) is 6.44. The van der Waals surface area contributed by atoms with E-state index in [0.717, 1.165) is 19.6 Å². The lowest BCUT2D eigenvalue weighted by Gasteiger charge is -2.23. The third-order valence-corrected chi connectivity index (χ3v) is 3.60. The summed E-state index contributed by atoms with van der Waals surface area (Å²) in [6, 6.07) is 0. The predicted octanol–water partition coefficient (Wildman–Crippen LogP) is 0.190. The second-order valence-corrected chi connectivity index (χ2v) is 5.94. The van der Waals surface area contributed by atoms with Crippen LogP contribution in [0, 0.1) is 0 Å². The molecule has 1 fully saturated rings. The summed E-state index contributed by atoms with van der Waals surface area (Å²) in [5.41, 5.74) is 0. The van der Waals surface area contributed by atoms with Crippen LogP contribution in [0.5, 0.6) is 0 Å². The van der Waals surface area contributed by atoms with Crippen LogP contribution < -0.4 is 10.6 Å². The molecule has 1 aliphatic heterocycles. The lowest BCUT2D eigenvalue weighted by Crippen LogP contribution is -2.41. The number of guanidine groups is 1. The van der Waals surface area contributed by atoms with Crippen molar-refractivity contribution in [2.45, 2.75) is 32.5 Å². The molecule has 8 nitrogen and oxygen atoms in total. The van der Waals surface area contributed by atoms with Crippen LogP contribution in [0.4, 0.5) is 0 Å². The van der Waals surface area contributed by atoms with Gasteiger partial charge in [0.1, 0.15) is 6.54 Å². The molecule has 8 heteroatoms. The summed E-state index contributed by atoms with van der Waals surface area (Å²) >= 11 is 0. The van der Waals surface area contributed by atoms with Crippen LogP contribution in [0.2, 0.25) is 0 Å². The zero-order valence-corrected chi connectivity index (χ0v) is 15.4. The molecule has 0 bridgehead atoms. The zero-order valence-electron chi connectivity index (χ0n) is 15.4. The van der Waals surface area contributed by atoms with Crippen LogP contribution in [-0.4, -0.2) is 82.7 Å². The Kier molecular flexibility index (Phi) is 9.66. The lowest BCUT2D eigenvalue weighted by molar-refractivity contribution is -0.145. The van der Waals surface area contributed by atoms with Crippen molar-refractivity contribution in [1.82, 2.24) is 15.5 Å². The first-order valence-electron chi connectivity index (χ1n) is 8.55. The first-order valence-corrected chi connectivity index (χ1v) is 8.55. The molecule has 1 rings (SSSR count). The summed E-state index contributed by atoms with van der Waals surface area (Å²) < 4.78 is 16.5. The minimum absolute atomic E-state index is 0.0418. The molecule has 0 atom stereocenters. The molecule has 0 aromatic heterocycles. The highest BCUT2D eigenvalue weighted by molar-refractivity contribution is 5.84. The molecule has 0 radical (unpaired) electrons. The fraction of sp³-hybridized carbons (Fsp3) is 0.875. The normalized spacial score (nSPS) is 16.9. The highest BCUT2D eigenvalue weighted by Gasteiger charge is 2.30. The van der Waals surface area contributed by atoms with Gasteiger partial charge in [-0.05, 0) is 20.3 Å². The standard InChI is InChI=1S/C16H32N4O4/c1-5-22-10-6-8-17-15(19-13-14(21)20(3)4)18-9-7-16(2)23-11-12-24-16/h5-13H2,1-4H3,(H2,17,18,19). The van der Waals surface area contributed by atoms with E-state index in [1.807, 2.05) is 13.8 Å². The van der Waals surface area contributed by atoms with Gasteiger partial charge in [0.25, 0.3) is 0 Å².